The second-order valence-corrected chi connectivity index (χ2v) is 4.27. The van der Waals surface area contributed by atoms with Crippen LogP contribution in [0.3, 0.4) is 0 Å². The lowest BCUT2D eigenvalue weighted by Gasteiger charge is -2.13. The number of ether oxygens (including phenoxy) is 3. The van der Waals surface area contributed by atoms with Gasteiger partial charge in [0, 0.05) is 11.6 Å². The maximum atomic E-state index is 13.8. The second-order valence-electron chi connectivity index (χ2n) is 3.47. The predicted octanol–water partition coefficient (Wildman–Crippen LogP) is 1.91. The van der Waals surface area contributed by atoms with Crippen LogP contribution in [-0.2, 0) is 9.53 Å². The Balaban J connectivity index is 2.42. The molecular weight excluding hydrogens is 311 g/mol. The number of hydrogen-bond donors (Lipinski definition) is 1. The van der Waals surface area contributed by atoms with Crippen molar-refractivity contribution in [1.82, 2.24) is 0 Å². The SMILES string of the molecule is CCOC(=O)C(O)c1c(F)cc2c(c1Br)OCO2. The van der Waals surface area contributed by atoms with Gasteiger partial charge in [-0.1, -0.05) is 0 Å². The van der Waals surface area contributed by atoms with Crippen molar-refractivity contribution < 1.29 is 28.5 Å². The minimum Gasteiger partial charge on any atom is -0.464 e. The Labute approximate surface area is 111 Å². The van der Waals surface area contributed by atoms with Gasteiger partial charge >= 0.3 is 5.97 Å². The molecule has 1 aromatic rings. The molecule has 1 N–H and O–H groups in total. The van der Waals surface area contributed by atoms with Crippen molar-refractivity contribution in [3.63, 3.8) is 0 Å². The van der Waals surface area contributed by atoms with E-state index in [1.165, 1.54) is 0 Å². The number of fused-ring (bicyclic) bond motifs is 1. The number of carbonyl (C=O) groups excluding carboxylic acids is 1. The molecule has 98 valence electrons. The van der Waals surface area contributed by atoms with Gasteiger partial charge in [0.1, 0.15) is 5.82 Å². The van der Waals surface area contributed by atoms with E-state index in [9.17, 15) is 14.3 Å². The molecule has 0 aromatic heterocycles. The van der Waals surface area contributed by atoms with Gasteiger partial charge in [0.25, 0.3) is 0 Å². The van der Waals surface area contributed by atoms with Gasteiger partial charge in [0.15, 0.2) is 17.6 Å². The van der Waals surface area contributed by atoms with Gasteiger partial charge in [-0.15, -0.1) is 0 Å². The van der Waals surface area contributed by atoms with Gasteiger partial charge in [-0.3, -0.25) is 0 Å². The van der Waals surface area contributed by atoms with E-state index < -0.39 is 17.9 Å². The van der Waals surface area contributed by atoms with E-state index in [2.05, 4.69) is 20.7 Å². The van der Waals surface area contributed by atoms with Crippen LogP contribution in [0.1, 0.15) is 18.6 Å². The summed E-state index contributed by atoms with van der Waals surface area (Å²) in [6.07, 6.45) is -1.71. The summed E-state index contributed by atoms with van der Waals surface area (Å²) in [5, 5.41) is 9.77. The monoisotopic (exact) mass is 320 g/mol. The molecule has 0 saturated carbocycles. The minimum atomic E-state index is -1.71. The van der Waals surface area contributed by atoms with Crippen molar-refractivity contribution in [2.24, 2.45) is 0 Å². The number of esters is 1. The fourth-order valence-electron chi connectivity index (χ4n) is 1.58. The molecule has 0 radical (unpaired) electrons. The van der Waals surface area contributed by atoms with Gasteiger partial charge in [-0.2, -0.15) is 0 Å². The topological polar surface area (TPSA) is 65.0 Å². The van der Waals surface area contributed by atoms with E-state index in [0.717, 1.165) is 6.07 Å². The Hall–Kier alpha value is -1.34. The Bertz CT molecular complexity index is 491. The molecule has 5 nitrogen and oxygen atoms in total. The van der Waals surface area contributed by atoms with Crippen LogP contribution < -0.4 is 9.47 Å². The molecule has 0 saturated heterocycles. The zero-order valence-corrected chi connectivity index (χ0v) is 11.0. The molecule has 1 aliphatic heterocycles. The van der Waals surface area contributed by atoms with Crippen molar-refractivity contribution in [2.75, 3.05) is 13.4 Å². The van der Waals surface area contributed by atoms with Crippen LogP contribution in [0.25, 0.3) is 0 Å². The standard InChI is InChI=1S/C11H10BrFO5/c1-2-16-11(15)9(14)7-5(13)3-6-10(8(7)12)18-4-17-6/h3,9,14H,2,4H2,1H3. The summed E-state index contributed by atoms with van der Waals surface area (Å²) < 4.78 is 28.7. The number of rotatable bonds is 3. The van der Waals surface area contributed by atoms with E-state index in [0.29, 0.717) is 0 Å². The molecule has 0 aliphatic carbocycles. The van der Waals surface area contributed by atoms with E-state index in [-0.39, 0.29) is 34.9 Å². The molecule has 18 heavy (non-hydrogen) atoms. The summed E-state index contributed by atoms with van der Waals surface area (Å²) in [5.41, 5.74) is -0.224. The van der Waals surface area contributed by atoms with Crippen molar-refractivity contribution in [3.05, 3.63) is 21.9 Å². The molecule has 0 fully saturated rings. The summed E-state index contributed by atoms with van der Waals surface area (Å²) in [6, 6.07) is 1.06. The highest BCUT2D eigenvalue weighted by Crippen LogP contribution is 2.44. The normalized spacial score (nSPS) is 14.4. The lowest BCUT2D eigenvalue weighted by atomic mass is 10.1. The summed E-state index contributed by atoms with van der Waals surface area (Å²) in [6.45, 7) is 1.65. The molecule has 1 atom stereocenters. The number of carbonyl (C=O) groups is 1. The lowest BCUT2D eigenvalue weighted by Crippen LogP contribution is -2.17. The van der Waals surface area contributed by atoms with Crippen LogP contribution in [0.5, 0.6) is 11.5 Å². The van der Waals surface area contributed by atoms with Crippen molar-refractivity contribution >= 4 is 21.9 Å². The Morgan fingerprint density at radius 1 is 1.67 bits per heavy atom. The van der Waals surface area contributed by atoms with Gasteiger partial charge in [-0.25, -0.2) is 9.18 Å². The molecule has 7 heteroatoms. The number of benzene rings is 1. The molecule has 2 rings (SSSR count). The first-order chi connectivity index (χ1) is 8.56. The number of aliphatic hydroxyl groups is 1. The van der Waals surface area contributed by atoms with E-state index >= 15 is 0 Å². The predicted molar refractivity (Wildman–Crippen MR) is 61.8 cm³/mol. The van der Waals surface area contributed by atoms with E-state index in [1.807, 2.05) is 0 Å². The Kier molecular flexibility index (Phi) is 3.72. The molecule has 0 bridgehead atoms. The molecule has 0 spiro atoms. The molecular formula is C11H10BrFO5. The summed E-state index contributed by atoms with van der Waals surface area (Å²) in [5.74, 6) is -1.21. The van der Waals surface area contributed by atoms with Gasteiger partial charge in [-0.05, 0) is 22.9 Å². The minimum absolute atomic E-state index is 0.0354. The fraction of sp³-hybridized carbons (Fsp3) is 0.364. The first kappa shape index (κ1) is 13.1. The van der Waals surface area contributed by atoms with Crippen LogP contribution in [0, 0.1) is 5.82 Å². The van der Waals surface area contributed by atoms with Crippen molar-refractivity contribution in [3.8, 4) is 11.5 Å². The first-order valence-electron chi connectivity index (χ1n) is 5.18. The highest BCUT2D eigenvalue weighted by Gasteiger charge is 2.30. The number of aliphatic hydroxyl groups excluding tert-OH is 1. The van der Waals surface area contributed by atoms with Gasteiger partial charge in [0.2, 0.25) is 6.79 Å². The van der Waals surface area contributed by atoms with Crippen LogP contribution in [0.2, 0.25) is 0 Å². The van der Waals surface area contributed by atoms with Gasteiger partial charge in [0.05, 0.1) is 11.1 Å². The Morgan fingerprint density at radius 2 is 2.39 bits per heavy atom. The summed E-state index contributed by atoms with van der Waals surface area (Å²) in [7, 11) is 0. The fourth-order valence-corrected chi connectivity index (χ4v) is 2.29. The number of halogens is 2. The molecule has 1 heterocycles. The highest BCUT2D eigenvalue weighted by atomic mass is 79.9. The maximum Gasteiger partial charge on any atom is 0.339 e. The van der Waals surface area contributed by atoms with Crippen LogP contribution in [0.15, 0.2) is 10.5 Å². The average molecular weight is 321 g/mol. The Morgan fingerprint density at radius 3 is 3.06 bits per heavy atom. The van der Waals surface area contributed by atoms with Crippen LogP contribution in [-0.4, -0.2) is 24.5 Å². The number of hydrogen-bond acceptors (Lipinski definition) is 5. The summed E-state index contributed by atoms with van der Waals surface area (Å²) in [4.78, 5) is 11.4. The first-order valence-corrected chi connectivity index (χ1v) is 5.97. The second kappa shape index (κ2) is 5.11. The summed E-state index contributed by atoms with van der Waals surface area (Å²) >= 11 is 3.09. The average Bonchev–Trinajstić information content (AvgIpc) is 2.77. The van der Waals surface area contributed by atoms with E-state index in [4.69, 9.17) is 9.47 Å². The van der Waals surface area contributed by atoms with Gasteiger partial charge < -0.3 is 19.3 Å². The van der Waals surface area contributed by atoms with Crippen molar-refractivity contribution in [2.45, 2.75) is 13.0 Å². The maximum absolute atomic E-state index is 13.8. The molecule has 0 amide bonds. The lowest BCUT2D eigenvalue weighted by molar-refractivity contribution is -0.153. The zero-order valence-electron chi connectivity index (χ0n) is 9.41. The molecule has 1 aliphatic rings. The van der Waals surface area contributed by atoms with Crippen LogP contribution >= 0.6 is 15.9 Å². The third-order valence-electron chi connectivity index (χ3n) is 2.38. The smallest absolute Gasteiger partial charge is 0.339 e. The quantitative estimate of drug-likeness (QED) is 0.862. The molecule has 1 aromatic carbocycles. The largest absolute Gasteiger partial charge is 0.464 e. The molecule has 1 unspecified atom stereocenters. The highest BCUT2D eigenvalue weighted by molar-refractivity contribution is 9.10. The third kappa shape index (κ3) is 2.15. The third-order valence-corrected chi connectivity index (χ3v) is 3.16. The zero-order chi connectivity index (χ0) is 13.3. The van der Waals surface area contributed by atoms with Crippen LogP contribution in [0.4, 0.5) is 4.39 Å². The van der Waals surface area contributed by atoms with E-state index in [1.54, 1.807) is 6.92 Å². The van der Waals surface area contributed by atoms with Crippen molar-refractivity contribution in [1.29, 1.82) is 0 Å².